The van der Waals surface area contributed by atoms with Crippen molar-refractivity contribution in [3.63, 3.8) is 0 Å². The molecule has 0 aliphatic heterocycles. The van der Waals surface area contributed by atoms with Crippen molar-refractivity contribution in [2.24, 2.45) is 0 Å². The van der Waals surface area contributed by atoms with Crippen molar-refractivity contribution < 1.29 is 22.7 Å². The minimum Gasteiger partial charge on any atom is -0.496 e. The number of nitrogens with one attached hydrogen (secondary N) is 1. The summed E-state index contributed by atoms with van der Waals surface area (Å²) in [5.41, 5.74) is 2.60. The Labute approximate surface area is 195 Å². The van der Waals surface area contributed by atoms with E-state index in [1.54, 1.807) is 38.3 Å². The van der Waals surface area contributed by atoms with Gasteiger partial charge in [0.2, 0.25) is 5.91 Å². The number of para-hydroxylation sites is 1. The summed E-state index contributed by atoms with van der Waals surface area (Å²) in [4.78, 5) is 12.8. The Bertz CT molecular complexity index is 1230. The summed E-state index contributed by atoms with van der Waals surface area (Å²) in [6.07, 6.45) is 0.0991. The Hall–Kier alpha value is -3.52. The molecule has 0 atom stereocenters. The highest BCUT2D eigenvalue weighted by atomic mass is 32.2. The molecule has 0 heterocycles. The Balaban J connectivity index is 1.88. The first-order chi connectivity index (χ1) is 15.8. The summed E-state index contributed by atoms with van der Waals surface area (Å²) in [6, 6.07) is 18.9. The van der Waals surface area contributed by atoms with E-state index in [4.69, 9.17) is 9.47 Å². The van der Waals surface area contributed by atoms with E-state index in [1.165, 1.54) is 29.6 Å². The van der Waals surface area contributed by atoms with Crippen LogP contribution in [0.3, 0.4) is 0 Å². The SMILES string of the molecule is CCN(c1ccccc1)S(=O)(=O)c1ccc(OC)c(NC(=O)Cc2ccc(C)c(OC)c2)c1. The van der Waals surface area contributed by atoms with Gasteiger partial charge in [0.15, 0.2) is 0 Å². The van der Waals surface area contributed by atoms with Gasteiger partial charge in [-0.2, -0.15) is 0 Å². The van der Waals surface area contributed by atoms with Crippen molar-refractivity contribution in [2.75, 3.05) is 30.4 Å². The number of sulfonamides is 1. The lowest BCUT2D eigenvalue weighted by molar-refractivity contribution is -0.115. The van der Waals surface area contributed by atoms with Gasteiger partial charge < -0.3 is 14.8 Å². The lowest BCUT2D eigenvalue weighted by Gasteiger charge is -2.23. The summed E-state index contributed by atoms with van der Waals surface area (Å²) in [5, 5.41) is 2.78. The van der Waals surface area contributed by atoms with E-state index >= 15 is 0 Å². The van der Waals surface area contributed by atoms with Crippen LogP contribution in [0.4, 0.5) is 11.4 Å². The molecule has 3 rings (SSSR count). The van der Waals surface area contributed by atoms with Crippen molar-refractivity contribution >= 4 is 27.3 Å². The van der Waals surface area contributed by atoms with Crippen molar-refractivity contribution in [3.05, 3.63) is 77.9 Å². The van der Waals surface area contributed by atoms with Crippen molar-refractivity contribution in [1.82, 2.24) is 0 Å². The van der Waals surface area contributed by atoms with Crippen LogP contribution in [-0.4, -0.2) is 35.1 Å². The van der Waals surface area contributed by atoms with Crippen LogP contribution in [0.15, 0.2) is 71.6 Å². The molecule has 0 aromatic heterocycles. The van der Waals surface area contributed by atoms with Crippen LogP contribution in [0.1, 0.15) is 18.1 Å². The van der Waals surface area contributed by atoms with Gasteiger partial charge in [0, 0.05) is 6.54 Å². The fourth-order valence-corrected chi connectivity index (χ4v) is 5.01. The van der Waals surface area contributed by atoms with Gasteiger partial charge in [-0.1, -0.05) is 30.3 Å². The Morgan fingerprint density at radius 1 is 0.939 bits per heavy atom. The van der Waals surface area contributed by atoms with E-state index < -0.39 is 10.0 Å². The lowest BCUT2D eigenvalue weighted by atomic mass is 10.1. The van der Waals surface area contributed by atoms with Crippen LogP contribution in [0.5, 0.6) is 11.5 Å². The number of aryl methyl sites for hydroxylation is 1. The molecule has 0 radical (unpaired) electrons. The third kappa shape index (κ3) is 5.46. The quantitative estimate of drug-likeness (QED) is 0.503. The highest BCUT2D eigenvalue weighted by molar-refractivity contribution is 7.92. The van der Waals surface area contributed by atoms with Gasteiger partial charge in [0.25, 0.3) is 10.0 Å². The van der Waals surface area contributed by atoms with Crippen LogP contribution in [-0.2, 0) is 21.2 Å². The standard InChI is InChI=1S/C25H28N2O5S/c1-5-27(20-9-7-6-8-10-20)33(29,30)21-13-14-23(31-3)22(17-21)26-25(28)16-19-12-11-18(2)24(15-19)32-4/h6-15,17H,5,16H2,1-4H3,(H,26,28). The average Bonchev–Trinajstić information content (AvgIpc) is 2.81. The number of nitrogens with zero attached hydrogens (tertiary/aromatic N) is 1. The van der Waals surface area contributed by atoms with Crippen LogP contribution in [0, 0.1) is 6.92 Å². The lowest BCUT2D eigenvalue weighted by Crippen LogP contribution is -2.30. The van der Waals surface area contributed by atoms with E-state index in [9.17, 15) is 13.2 Å². The van der Waals surface area contributed by atoms with Crippen LogP contribution >= 0.6 is 0 Å². The van der Waals surface area contributed by atoms with E-state index in [2.05, 4.69) is 5.32 Å². The summed E-state index contributed by atoms with van der Waals surface area (Å²) >= 11 is 0. The molecule has 7 nitrogen and oxygen atoms in total. The normalized spacial score (nSPS) is 11.0. The molecule has 0 fully saturated rings. The number of anilines is 2. The molecule has 3 aromatic carbocycles. The zero-order valence-corrected chi connectivity index (χ0v) is 20.0. The minimum absolute atomic E-state index is 0.0568. The summed E-state index contributed by atoms with van der Waals surface area (Å²) < 4.78 is 38.7. The third-order valence-electron chi connectivity index (χ3n) is 5.20. The average molecular weight is 469 g/mol. The number of ether oxygens (including phenoxy) is 2. The first-order valence-electron chi connectivity index (χ1n) is 10.5. The van der Waals surface area contributed by atoms with E-state index in [0.29, 0.717) is 17.2 Å². The Morgan fingerprint density at radius 3 is 2.27 bits per heavy atom. The van der Waals surface area contributed by atoms with Gasteiger partial charge in [-0.15, -0.1) is 0 Å². The first kappa shape index (κ1) is 24.1. The third-order valence-corrected chi connectivity index (χ3v) is 7.10. The molecule has 3 aromatic rings. The number of amides is 1. The molecule has 1 amide bonds. The van der Waals surface area contributed by atoms with Crippen molar-refractivity contribution in [2.45, 2.75) is 25.2 Å². The molecule has 0 aliphatic carbocycles. The molecular weight excluding hydrogens is 440 g/mol. The van der Waals surface area contributed by atoms with E-state index in [0.717, 1.165) is 11.1 Å². The first-order valence-corrected chi connectivity index (χ1v) is 11.9. The van der Waals surface area contributed by atoms with Gasteiger partial charge in [-0.25, -0.2) is 8.42 Å². The number of benzene rings is 3. The van der Waals surface area contributed by atoms with E-state index in [1.807, 2.05) is 31.2 Å². The summed E-state index contributed by atoms with van der Waals surface area (Å²) in [7, 11) is -0.804. The highest BCUT2D eigenvalue weighted by Gasteiger charge is 2.25. The van der Waals surface area contributed by atoms with Crippen molar-refractivity contribution in [1.29, 1.82) is 0 Å². The van der Waals surface area contributed by atoms with Crippen LogP contribution in [0.25, 0.3) is 0 Å². The fourth-order valence-electron chi connectivity index (χ4n) is 3.51. The van der Waals surface area contributed by atoms with Gasteiger partial charge >= 0.3 is 0 Å². The van der Waals surface area contributed by atoms with Gasteiger partial charge in [-0.05, 0) is 61.4 Å². The highest BCUT2D eigenvalue weighted by Crippen LogP contribution is 2.31. The number of carbonyl (C=O) groups excluding carboxylic acids is 1. The number of carbonyl (C=O) groups is 1. The maximum Gasteiger partial charge on any atom is 0.264 e. The molecule has 0 saturated heterocycles. The maximum absolute atomic E-state index is 13.4. The Morgan fingerprint density at radius 2 is 1.64 bits per heavy atom. The fraction of sp³-hybridized carbons (Fsp3) is 0.240. The number of hydrogen-bond acceptors (Lipinski definition) is 5. The zero-order valence-electron chi connectivity index (χ0n) is 19.2. The topological polar surface area (TPSA) is 84.9 Å². The molecule has 0 saturated carbocycles. The maximum atomic E-state index is 13.4. The molecule has 174 valence electrons. The Kier molecular flexibility index (Phi) is 7.60. The second kappa shape index (κ2) is 10.4. The molecule has 0 aliphatic rings. The number of methoxy groups -OCH3 is 2. The van der Waals surface area contributed by atoms with Gasteiger partial charge in [0.1, 0.15) is 11.5 Å². The molecule has 0 unspecified atom stereocenters. The molecule has 0 spiro atoms. The second-order valence-corrected chi connectivity index (χ2v) is 9.26. The smallest absolute Gasteiger partial charge is 0.264 e. The second-order valence-electron chi connectivity index (χ2n) is 7.40. The number of hydrogen-bond donors (Lipinski definition) is 1. The summed E-state index contributed by atoms with van der Waals surface area (Å²) in [5.74, 6) is 0.766. The molecule has 8 heteroatoms. The van der Waals surface area contributed by atoms with Crippen molar-refractivity contribution in [3.8, 4) is 11.5 Å². The predicted molar refractivity (Wildman–Crippen MR) is 130 cm³/mol. The largest absolute Gasteiger partial charge is 0.496 e. The van der Waals surface area contributed by atoms with Gasteiger partial charge in [0.05, 0.1) is 36.9 Å². The molecule has 33 heavy (non-hydrogen) atoms. The molecule has 0 bridgehead atoms. The minimum atomic E-state index is -3.85. The number of rotatable bonds is 9. The summed E-state index contributed by atoms with van der Waals surface area (Å²) in [6.45, 7) is 3.95. The predicted octanol–water partition coefficient (Wildman–Crippen LogP) is 4.41. The van der Waals surface area contributed by atoms with E-state index in [-0.39, 0.29) is 29.5 Å². The monoisotopic (exact) mass is 468 g/mol. The molecule has 1 N–H and O–H groups in total. The zero-order chi connectivity index (χ0) is 24.0. The van der Waals surface area contributed by atoms with Gasteiger partial charge in [-0.3, -0.25) is 9.10 Å². The molecular formula is C25H28N2O5S. The van der Waals surface area contributed by atoms with Crippen LogP contribution in [0.2, 0.25) is 0 Å². The van der Waals surface area contributed by atoms with Crippen LogP contribution < -0.4 is 19.1 Å².